The zero-order valence-corrected chi connectivity index (χ0v) is 10.6. The lowest BCUT2D eigenvalue weighted by Crippen LogP contribution is -2.00. The highest BCUT2D eigenvalue weighted by Crippen LogP contribution is 2.11. The van der Waals surface area contributed by atoms with Crippen LogP contribution in [0.3, 0.4) is 0 Å². The maximum Gasteiger partial charge on any atom is 0.0733 e. The third kappa shape index (κ3) is 13.9. The molecule has 0 rings (SSSR count). The van der Waals surface area contributed by atoms with E-state index in [-0.39, 0.29) is 0 Å². The van der Waals surface area contributed by atoms with Crippen molar-refractivity contribution < 1.29 is 0 Å². The van der Waals surface area contributed by atoms with Gasteiger partial charge in [0.15, 0.2) is 0 Å². The molecule has 1 atom stereocenters. The molecule has 0 fully saturated rings. The third-order valence-corrected chi connectivity index (χ3v) is 2.33. The zero-order chi connectivity index (χ0) is 11.4. The van der Waals surface area contributed by atoms with Crippen molar-refractivity contribution in [3.05, 3.63) is 0 Å². The lowest BCUT2D eigenvalue weighted by atomic mass is 9.96. The van der Waals surface area contributed by atoms with Crippen LogP contribution in [0.15, 0.2) is 9.98 Å². The van der Waals surface area contributed by atoms with Gasteiger partial charge in [-0.05, 0) is 25.0 Å². The minimum absolute atomic E-state index is 0.715. The Balaban J connectivity index is 0. The third-order valence-electron chi connectivity index (χ3n) is 2.33. The SMILES string of the molecule is CC=NCC=NC.CCC(C)C(C)C. The van der Waals surface area contributed by atoms with Crippen molar-refractivity contribution >= 4 is 12.4 Å². The smallest absolute Gasteiger partial charge is 0.0733 e. The van der Waals surface area contributed by atoms with Gasteiger partial charge >= 0.3 is 0 Å². The summed E-state index contributed by atoms with van der Waals surface area (Å²) in [4.78, 5) is 7.62. The van der Waals surface area contributed by atoms with E-state index in [1.807, 2.05) is 6.92 Å². The molecule has 0 aromatic rings. The summed E-state index contributed by atoms with van der Waals surface area (Å²) in [5, 5.41) is 0. The van der Waals surface area contributed by atoms with Gasteiger partial charge in [-0.1, -0.05) is 34.1 Å². The summed E-state index contributed by atoms with van der Waals surface area (Å²) >= 11 is 0. The van der Waals surface area contributed by atoms with Crippen LogP contribution in [0, 0.1) is 11.8 Å². The maximum absolute atomic E-state index is 3.89. The second kappa shape index (κ2) is 12.3. The summed E-state index contributed by atoms with van der Waals surface area (Å²) in [5.41, 5.74) is 0. The van der Waals surface area contributed by atoms with Crippen molar-refractivity contribution in [2.24, 2.45) is 21.8 Å². The number of aliphatic imine (C=N–C) groups is 2. The molecule has 0 aromatic heterocycles. The molecule has 0 aliphatic carbocycles. The summed E-state index contributed by atoms with van der Waals surface area (Å²) in [6.07, 6.45) is 4.85. The molecule has 0 heterocycles. The summed E-state index contributed by atoms with van der Waals surface area (Å²) < 4.78 is 0. The van der Waals surface area contributed by atoms with Crippen molar-refractivity contribution in [3.8, 4) is 0 Å². The van der Waals surface area contributed by atoms with Crippen molar-refractivity contribution in [2.75, 3.05) is 13.6 Å². The lowest BCUT2D eigenvalue weighted by molar-refractivity contribution is 0.407. The molecule has 0 radical (unpaired) electrons. The second-order valence-corrected chi connectivity index (χ2v) is 3.69. The summed E-state index contributed by atoms with van der Waals surface area (Å²) in [5.74, 6) is 1.77. The first-order valence-corrected chi connectivity index (χ1v) is 5.45. The molecule has 0 bridgehead atoms. The van der Waals surface area contributed by atoms with Gasteiger partial charge in [0.25, 0.3) is 0 Å². The van der Waals surface area contributed by atoms with Crippen LogP contribution in [0.4, 0.5) is 0 Å². The molecule has 84 valence electrons. The van der Waals surface area contributed by atoms with Gasteiger partial charge in [0, 0.05) is 13.3 Å². The topological polar surface area (TPSA) is 24.7 Å². The lowest BCUT2D eigenvalue weighted by Gasteiger charge is -2.10. The summed E-state index contributed by atoms with van der Waals surface area (Å²) in [6.45, 7) is 11.7. The fourth-order valence-electron chi connectivity index (χ4n) is 0.706. The quantitative estimate of drug-likeness (QED) is 0.618. The van der Waals surface area contributed by atoms with Crippen LogP contribution in [0.1, 0.15) is 41.0 Å². The second-order valence-electron chi connectivity index (χ2n) is 3.69. The first-order chi connectivity index (χ1) is 6.59. The maximum atomic E-state index is 3.89. The van der Waals surface area contributed by atoms with E-state index < -0.39 is 0 Å². The molecule has 0 aliphatic rings. The van der Waals surface area contributed by atoms with E-state index in [0.29, 0.717) is 6.54 Å². The number of hydrogen-bond donors (Lipinski definition) is 0. The summed E-state index contributed by atoms with van der Waals surface area (Å²) in [7, 11) is 1.74. The van der Waals surface area contributed by atoms with Gasteiger partial charge in [-0.3, -0.25) is 9.98 Å². The predicted octanol–water partition coefficient (Wildman–Crippen LogP) is 3.47. The van der Waals surface area contributed by atoms with E-state index in [2.05, 4.69) is 37.7 Å². The van der Waals surface area contributed by atoms with Crippen molar-refractivity contribution in [1.82, 2.24) is 0 Å². The normalized spacial score (nSPS) is 13.4. The van der Waals surface area contributed by atoms with Crippen LogP contribution in [-0.2, 0) is 0 Å². The van der Waals surface area contributed by atoms with E-state index >= 15 is 0 Å². The van der Waals surface area contributed by atoms with Gasteiger partial charge in [0.05, 0.1) is 6.54 Å². The molecule has 2 nitrogen and oxygen atoms in total. The van der Waals surface area contributed by atoms with Crippen molar-refractivity contribution in [3.63, 3.8) is 0 Å². The first-order valence-electron chi connectivity index (χ1n) is 5.45. The first kappa shape index (κ1) is 15.8. The largest absolute Gasteiger partial charge is 0.299 e. The van der Waals surface area contributed by atoms with Gasteiger partial charge in [0.1, 0.15) is 0 Å². The molecule has 0 aliphatic heterocycles. The van der Waals surface area contributed by atoms with Gasteiger partial charge < -0.3 is 0 Å². The Hall–Kier alpha value is -0.660. The molecular formula is C12H26N2. The zero-order valence-electron chi connectivity index (χ0n) is 10.6. The Bertz CT molecular complexity index is 138. The molecule has 14 heavy (non-hydrogen) atoms. The van der Waals surface area contributed by atoms with Crippen LogP contribution in [0.25, 0.3) is 0 Å². The number of nitrogens with zero attached hydrogens (tertiary/aromatic N) is 2. The fourth-order valence-corrected chi connectivity index (χ4v) is 0.706. The Morgan fingerprint density at radius 1 is 1.21 bits per heavy atom. The Labute approximate surface area is 89.6 Å². The fraction of sp³-hybridized carbons (Fsp3) is 0.833. The van der Waals surface area contributed by atoms with Crippen molar-refractivity contribution in [1.29, 1.82) is 0 Å². The number of rotatable bonds is 4. The Kier molecular flexibility index (Phi) is 13.9. The van der Waals surface area contributed by atoms with Crippen LogP contribution < -0.4 is 0 Å². The average Bonchev–Trinajstić information content (AvgIpc) is 2.18. The van der Waals surface area contributed by atoms with Crippen molar-refractivity contribution in [2.45, 2.75) is 41.0 Å². The molecular weight excluding hydrogens is 172 g/mol. The highest BCUT2D eigenvalue weighted by atomic mass is 14.7. The van der Waals surface area contributed by atoms with E-state index in [0.717, 1.165) is 11.8 Å². The molecule has 0 spiro atoms. The van der Waals surface area contributed by atoms with Crippen LogP contribution in [-0.4, -0.2) is 26.0 Å². The van der Waals surface area contributed by atoms with Crippen LogP contribution in [0.5, 0.6) is 0 Å². The average molecular weight is 198 g/mol. The van der Waals surface area contributed by atoms with E-state index in [9.17, 15) is 0 Å². The van der Waals surface area contributed by atoms with Crippen LogP contribution in [0.2, 0.25) is 0 Å². The molecule has 1 unspecified atom stereocenters. The Morgan fingerprint density at radius 2 is 1.79 bits per heavy atom. The molecule has 0 aromatic carbocycles. The molecule has 0 saturated carbocycles. The highest BCUT2D eigenvalue weighted by Gasteiger charge is 2.01. The number of hydrogen-bond acceptors (Lipinski definition) is 2. The molecule has 0 N–H and O–H groups in total. The Morgan fingerprint density at radius 3 is 2.00 bits per heavy atom. The predicted molar refractivity (Wildman–Crippen MR) is 67.7 cm³/mol. The minimum Gasteiger partial charge on any atom is -0.299 e. The highest BCUT2D eigenvalue weighted by molar-refractivity contribution is 5.63. The van der Waals surface area contributed by atoms with E-state index in [4.69, 9.17) is 0 Å². The standard InChI is InChI=1S/C7H16.C5H10N2/c1-5-7(4)6(2)3;1-3-7-5-4-6-2/h6-7H,5H2,1-4H3;3-4H,5H2,1-2H3. The van der Waals surface area contributed by atoms with E-state index in [1.54, 1.807) is 19.5 Å². The monoisotopic (exact) mass is 198 g/mol. The molecule has 0 amide bonds. The van der Waals surface area contributed by atoms with E-state index in [1.165, 1.54) is 6.42 Å². The summed E-state index contributed by atoms with van der Waals surface area (Å²) in [6, 6.07) is 0. The van der Waals surface area contributed by atoms with Gasteiger partial charge in [-0.15, -0.1) is 0 Å². The molecule has 2 heteroatoms. The molecule has 0 saturated heterocycles. The van der Waals surface area contributed by atoms with Gasteiger partial charge in [0.2, 0.25) is 0 Å². The van der Waals surface area contributed by atoms with Gasteiger partial charge in [-0.2, -0.15) is 0 Å². The van der Waals surface area contributed by atoms with Crippen LogP contribution >= 0.6 is 0 Å². The minimum atomic E-state index is 0.715. The van der Waals surface area contributed by atoms with Gasteiger partial charge in [-0.25, -0.2) is 0 Å².